The van der Waals surface area contributed by atoms with Gasteiger partial charge in [0.2, 0.25) is 0 Å². The average molecular weight is 527 g/mol. The normalized spacial score (nSPS) is 13.4. The lowest BCUT2D eigenvalue weighted by atomic mass is 9.78. The van der Waals surface area contributed by atoms with Gasteiger partial charge in [0.1, 0.15) is 36.9 Å². The van der Waals surface area contributed by atoms with Crippen molar-refractivity contribution in [3.05, 3.63) is 59.7 Å². The van der Waals surface area contributed by atoms with Crippen LogP contribution in [-0.2, 0) is 19.6 Å². The SMILES string of the molecule is CC(C)(c1ccc(OCC(O)CCl)cc1)c1ccc(OCC(O)COCCOCCOCCO)cc1. The van der Waals surface area contributed by atoms with E-state index >= 15 is 0 Å². The van der Waals surface area contributed by atoms with Crippen molar-refractivity contribution >= 4 is 11.6 Å². The smallest absolute Gasteiger partial charge is 0.119 e. The lowest BCUT2D eigenvalue weighted by molar-refractivity contribution is -0.0217. The molecular formula is C27H39ClO8. The second-order valence-electron chi connectivity index (χ2n) is 8.78. The van der Waals surface area contributed by atoms with Crippen LogP contribution in [0.4, 0.5) is 0 Å². The molecule has 2 aromatic carbocycles. The van der Waals surface area contributed by atoms with Crippen LogP contribution in [0.5, 0.6) is 11.5 Å². The summed E-state index contributed by atoms with van der Waals surface area (Å²) in [7, 11) is 0. The number of benzene rings is 2. The van der Waals surface area contributed by atoms with Gasteiger partial charge in [-0.3, -0.25) is 0 Å². The van der Waals surface area contributed by atoms with Gasteiger partial charge < -0.3 is 39.0 Å². The van der Waals surface area contributed by atoms with Crippen LogP contribution in [0.2, 0.25) is 0 Å². The summed E-state index contributed by atoms with van der Waals surface area (Å²) in [6.07, 6.45) is -1.44. The molecule has 0 aliphatic rings. The highest BCUT2D eigenvalue weighted by Crippen LogP contribution is 2.33. The largest absolute Gasteiger partial charge is 0.491 e. The van der Waals surface area contributed by atoms with E-state index in [0.29, 0.717) is 44.5 Å². The van der Waals surface area contributed by atoms with Gasteiger partial charge in [-0.25, -0.2) is 0 Å². The third-order valence-electron chi connectivity index (χ3n) is 5.50. The minimum absolute atomic E-state index is 0.000278. The molecule has 0 aliphatic heterocycles. The van der Waals surface area contributed by atoms with Crippen molar-refractivity contribution in [1.29, 1.82) is 0 Å². The molecule has 2 rings (SSSR count). The highest BCUT2D eigenvalue weighted by molar-refractivity contribution is 6.18. The Balaban J connectivity index is 1.72. The van der Waals surface area contributed by atoms with Gasteiger partial charge in [0, 0.05) is 5.41 Å². The number of ether oxygens (including phenoxy) is 5. The molecule has 0 spiro atoms. The fourth-order valence-electron chi connectivity index (χ4n) is 3.30. The second kappa shape index (κ2) is 16.8. The van der Waals surface area contributed by atoms with Crippen molar-refractivity contribution in [2.45, 2.75) is 31.5 Å². The van der Waals surface area contributed by atoms with E-state index in [1.807, 2.05) is 48.5 Å². The van der Waals surface area contributed by atoms with Crippen LogP contribution in [0.3, 0.4) is 0 Å². The molecular weight excluding hydrogens is 488 g/mol. The Morgan fingerprint density at radius 3 is 1.58 bits per heavy atom. The summed E-state index contributed by atoms with van der Waals surface area (Å²) in [4.78, 5) is 0. The van der Waals surface area contributed by atoms with Crippen molar-refractivity contribution in [3.8, 4) is 11.5 Å². The van der Waals surface area contributed by atoms with Crippen LogP contribution in [0.25, 0.3) is 0 Å². The van der Waals surface area contributed by atoms with E-state index in [2.05, 4.69) is 13.8 Å². The Morgan fingerprint density at radius 2 is 1.11 bits per heavy atom. The molecule has 36 heavy (non-hydrogen) atoms. The Hall–Kier alpha value is -1.91. The van der Waals surface area contributed by atoms with E-state index in [1.165, 1.54) is 0 Å². The average Bonchev–Trinajstić information content (AvgIpc) is 2.90. The van der Waals surface area contributed by atoms with E-state index < -0.39 is 12.2 Å². The molecule has 0 heterocycles. The molecule has 0 amide bonds. The number of aliphatic hydroxyl groups excluding tert-OH is 3. The Labute approximate surface area is 218 Å². The topological polar surface area (TPSA) is 107 Å². The summed E-state index contributed by atoms with van der Waals surface area (Å²) in [6, 6.07) is 15.6. The van der Waals surface area contributed by atoms with Gasteiger partial charge in [-0.05, 0) is 35.4 Å². The molecule has 202 valence electrons. The summed E-state index contributed by atoms with van der Waals surface area (Å²) in [5.74, 6) is 1.49. The quantitative estimate of drug-likeness (QED) is 0.189. The molecule has 0 aliphatic carbocycles. The van der Waals surface area contributed by atoms with Crippen LogP contribution in [-0.4, -0.2) is 92.9 Å². The lowest BCUT2D eigenvalue weighted by Gasteiger charge is -2.26. The van der Waals surface area contributed by atoms with Gasteiger partial charge in [0.05, 0.1) is 52.1 Å². The maximum atomic E-state index is 10.1. The molecule has 2 unspecified atom stereocenters. The van der Waals surface area contributed by atoms with Gasteiger partial charge in [0.25, 0.3) is 0 Å². The van der Waals surface area contributed by atoms with E-state index in [0.717, 1.165) is 11.1 Å². The molecule has 3 N–H and O–H groups in total. The minimum atomic E-state index is -0.750. The molecule has 8 nitrogen and oxygen atoms in total. The minimum Gasteiger partial charge on any atom is -0.491 e. The first-order chi connectivity index (χ1) is 17.4. The molecule has 0 saturated heterocycles. The van der Waals surface area contributed by atoms with E-state index in [1.54, 1.807) is 0 Å². The summed E-state index contributed by atoms with van der Waals surface area (Å²) in [5, 5.41) is 28.2. The number of hydrogen-bond acceptors (Lipinski definition) is 8. The summed E-state index contributed by atoms with van der Waals surface area (Å²) < 4.78 is 27.1. The van der Waals surface area contributed by atoms with Gasteiger partial charge in [-0.15, -0.1) is 11.6 Å². The van der Waals surface area contributed by atoms with Gasteiger partial charge in [-0.2, -0.15) is 0 Å². The number of aliphatic hydroxyl groups is 3. The second-order valence-corrected chi connectivity index (χ2v) is 9.09. The van der Waals surface area contributed by atoms with Crippen molar-refractivity contribution < 1.29 is 39.0 Å². The molecule has 0 radical (unpaired) electrons. The monoisotopic (exact) mass is 526 g/mol. The van der Waals surface area contributed by atoms with E-state index in [4.69, 9.17) is 40.4 Å². The zero-order valence-corrected chi connectivity index (χ0v) is 21.9. The van der Waals surface area contributed by atoms with Crippen molar-refractivity contribution in [2.75, 3.05) is 65.3 Å². The number of rotatable bonds is 19. The van der Waals surface area contributed by atoms with Gasteiger partial charge in [-0.1, -0.05) is 38.1 Å². The van der Waals surface area contributed by atoms with E-state index in [9.17, 15) is 10.2 Å². The van der Waals surface area contributed by atoms with Crippen LogP contribution < -0.4 is 9.47 Å². The highest BCUT2D eigenvalue weighted by atomic mass is 35.5. The molecule has 2 atom stereocenters. The molecule has 9 heteroatoms. The van der Waals surface area contributed by atoms with Crippen molar-refractivity contribution in [1.82, 2.24) is 0 Å². The maximum Gasteiger partial charge on any atom is 0.119 e. The standard InChI is InChI=1S/C27H39ClO8/c1-27(2,21-3-7-25(8-4-21)35-19-23(30)17-28)22-5-9-26(10-6-22)36-20-24(31)18-34-16-15-33-14-13-32-12-11-29/h3-10,23-24,29-31H,11-20H2,1-2H3. The Bertz CT molecular complexity index is 829. The van der Waals surface area contributed by atoms with Crippen LogP contribution in [0, 0.1) is 0 Å². The highest BCUT2D eigenvalue weighted by Gasteiger charge is 2.23. The first-order valence-electron chi connectivity index (χ1n) is 12.1. The first kappa shape index (κ1) is 30.3. The van der Waals surface area contributed by atoms with Crippen LogP contribution in [0.1, 0.15) is 25.0 Å². The Kier molecular flexibility index (Phi) is 14.1. The Morgan fingerprint density at radius 1 is 0.667 bits per heavy atom. The predicted octanol–water partition coefficient (Wildman–Crippen LogP) is 2.77. The summed E-state index contributed by atoms with van der Waals surface area (Å²) in [6.45, 7) is 6.65. The predicted molar refractivity (Wildman–Crippen MR) is 138 cm³/mol. The molecule has 0 bridgehead atoms. The third-order valence-corrected chi connectivity index (χ3v) is 5.86. The van der Waals surface area contributed by atoms with Gasteiger partial charge >= 0.3 is 0 Å². The number of hydrogen-bond donors (Lipinski definition) is 3. The fourth-order valence-corrected chi connectivity index (χ4v) is 3.39. The zero-order valence-electron chi connectivity index (χ0n) is 21.1. The van der Waals surface area contributed by atoms with E-state index in [-0.39, 0.29) is 37.7 Å². The number of alkyl halides is 1. The van der Waals surface area contributed by atoms with Crippen molar-refractivity contribution in [2.24, 2.45) is 0 Å². The van der Waals surface area contributed by atoms with Crippen molar-refractivity contribution in [3.63, 3.8) is 0 Å². The van der Waals surface area contributed by atoms with Crippen LogP contribution in [0.15, 0.2) is 48.5 Å². The molecule has 0 aromatic heterocycles. The van der Waals surface area contributed by atoms with Gasteiger partial charge in [0.15, 0.2) is 0 Å². The molecule has 0 fully saturated rings. The molecule has 2 aromatic rings. The first-order valence-corrected chi connectivity index (χ1v) is 12.6. The summed E-state index contributed by atoms with van der Waals surface area (Å²) in [5.41, 5.74) is 2.00. The molecule has 0 saturated carbocycles. The maximum absolute atomic E-state index is 10.1. The third kappa shape index (κ3) is 11.0. The van der Waals surface area contributed by atoms with Crippen LogP contribution >= 0.6 is 11.6 Å². The number of halogens is 1. The fraction of sp³-hybridized carbons (Fsp3) is 0.556. The summed E-state index contributed by atoms with van der Waals surface area (Å²) >= 11 is 5.60. The lowest BCUT2D eigenvalue weighted by Crippen LogP contribution is -2.24. The zero-order chi connectivity index (χ0) is 26.2.